The van der Waals surface area contributed by atoms with Crippen LogP contribution in [0.15, 0.2) is 35.7 Å². The zero-order valence-corrected chi connectivity index (χ0v) is 11.2. The first-order valence-electron chi connectivity index (χ1n) is 5.83. The third kappa shape index (κ3) is 3.39. The number of thiophene rings is 1. The van der Waals surface area contributed by atoms with Gasteiger partial charge in [-0.25, -0.2) is 4.39 Å². The molecule has 0 saturated heterocycles. The van der Waals surface area contributed by atoms with Crippen molar-refractivity contribution < 1.29 is 14.3 Å². The minimum absolute atomic E-state index is 0.0990. The molecule has 2 N–H and O–H groups in total. The predicted molar refractivity (Wildman–Crippen MR) is 72.7 cm³/mol. The van der Waals surface area contributed by atoms with Crippen LogP contribution < -0.4 is 5.32 Å². The molecular formula is C14H14FNO2S. The van der Waals surface area contributed by atoms with Crippen molar-refractivity contribution in [3.63, 3.8) is 0 Å². The molecule has 0 fully saturated rings. The quantitative estimate of drug-likeness (QED) is 0.904. The average Bonchev–Trinajstić information content (AvgIpc) is 2.92. The van der Waals surface area contributed by atoms with Crippen molar-refractivity contribution in [3.8, 4) is 0 Å². The maximum absolute atomic E-state index is 13.1. The van der Waals surface area contributed by atoms with Crippen molar-refractivity contribution in [2.24, 2.45) is 0 Å². The third-order valence-electron chi connectivity index (χ3n) is 2.77. The molecule has 1 amide bonds. The summed E-state index contributed by atoms with van der Waals surface area (Å²) in [5.74, 6) is -0.522. The molecule has 0 saturated carbocycles. The van der Waals surface area contributed by atoms with Crippen molar-refractivity contribution in [3.05, 3.63) is 57.5 Å². The van der Waals surface area contributed by atoms with E-state index in [9.17, 15) is 14.3 Å². The number of nitrogens with one attached hydrogen (secondary N) is 1. The summed E-state index contributed by atoms with van der Waals surface area (Å²) in [4.78, 5) is 12.3. The molecule has 19 heavy (non-hydrogen) atoms. The summed E-state index contributed by atoms with van der Waals surface area (Å²) >= 11 is 1.34. The monoisotopic (exact) mass is 279 g/mol. The van der Waals surface area contributed by atoms with Crippen LogP contribution in [-0.2, 0) is 0 Å². The zero-order chi connectivity index (χ0) is 13.8. The van der Waals surface area contributed by atoms with Gasteiger partial charge in [-0.1, -0.05) is 18.2 Å². The van der Waals surface area contributed by atoms with Gasteiger partial charge in [-0.2, -0.15) is 0 Å². The Kier molecular flexibility index (Phi) is 4.29. The molecular weight excluding hydrogens is 265 g/mol. The predicted octanol–water partition coefficient (Wildman–Crippen LogP) is 2.66. The molecule has 0 aliphatic carbocycles. The van der Waals surface area contributed by atoms with Crippen LogP contribution in [0, 0.1) is 12.7 Å². The summed E-state index contributed by atoms with van der Waals surface area (Å²) < 4.78 is 13.1. The lowest BCUT2D eigenvalue weighted by atomic mass is 10.1. The lowest BCUT2D eigenvalue weighted by molar-refractivity contribution is 0.0920. The first kappa shape index (κ1) is 13.7. The number of aryl methyl sites for hydroxylation is 1. The van der Waals surface area contributed by atoms with Crippen molar-refractivity contribution >= 4 is 17.2 Å². The molecule has 3 nitrogen and oxygen atoms in total. The second kappa shape index (κ2) is 5.95. The summed E-state index contributed by atoms with van der Waals surface area (Å²) in [6.45, 7) is 1.73. The molecule has 0 aliphatic heterocycles. The summed E-state index contributed by atoms with van der Waals surface area (Å²) in [5, 5.41) is 14.4. The van der Waals surface area contributed by atoms with Crippen LogP contribution in [0.4, 0.5) is 4.39 Å². The summed E-state index contributed by atoms with van der Waals surface area (Å²) in [5.41, 5.74) is 1.06. The van der Waals surface area contributed by atoms with Gasteiger partial charge >= 0.3 is 0 Å². The van der Waals surface area contributed by atoms with E-state index in [-0.39, 0.29) is 18.3 Å². The Labute approximate surface area is 114 Å². The largest absolute Gasteiger partial charge is 0.387 e. The lowest BCUT2D eigenvalue weighted by Crippen LogP contribution is -2.27. The minimum Gasteiger partial charge on any atom is -0.387 e. The summed E-state index contributed by atoms with van der Waals surface area (Å²) in [6.07, 6.45) is -0.844. The third-order valence-corrected chi connectivity index (χ3v) is 3.64. The SMILES string of the molecule is Cc1cc(C(O)CNC(=O)c2cccs2)ccc1F. The highest BCUT2D eigenvalue weighted by molar-refractivity contribution is 7.12. The molecule has 1 aromatic heterocycles. The van der Waals surface area contributed by atoms with Gasteiger partial charge in [-0.05, 0) is 35.6 Å². The van der Waals surface area contributed by atoms with E-state index in [0.717, 1.165) is 0 Å². The van der Waals surface area contributed by atoms with Crippen LogP contribution >= 0.6 is 11.3 Å². The highest BCUT2D eigenvalue weighted by Gasteiger charge is 2.12. The van der Waals surface area contributed by atoms with Crippen molar-refractivity contribution in [2.75, 3.05) is 6.54 Å². The first-order chi connectivity index (χ1) is 9.08. The fraction of sp³-hybridized carbons (Fsp3) is 0.214. The summed E-state index contributed by atoms with van der Waals surface area (Å²) in [7, 11) is 0. The van der Waals surface area contributed by atoms with Gasteiger partial charge in [0, 0.05) is 6.54 Å². The Bertz CT molecular complexity index is 569. The van der Waals surface area contributed by atoms with E-state index < -0.39 is 6.10 Å². The van der Waals surface area contributed by atoms with Gasteiger partial charge < -0.3 is 10.4 Å². The Morgan fingerprint density at radius 2 is 2.26 bits per heavy atom. The van der Waals surface area contributed by atoms with E-state index in [0.29, 0.717) is 16.0 Å². The van der Waals surface area contributed by atoms with Gasteiger partial charge in [-0.15, -0.1) is 11.3 Å². The van der Waals surface area contributed by atoms with E-state index in [1.54, 1.807) is 25.1 Å². The minimum atomic E-state index is -0.844. The number of carbonyl (C=O) groups is 1. The summed E-state index contributed by atoms with van der Waals surface area (Å²) in [6, 6.07) is 7.92. The highest BCUT2D eigenvalue weighted by atomic mass is 32.1. The van der Waals surface area contributed by atoms with Crippen molar-refractivity contribution in [1.82, 2.24) is 5.32 Å². The zero-order valence-electron chi connectivity index (χ0n) is 10.4. The van der Waals surface area contributed by atoms with Crippen LogP contribution in [0.1, 0.15) is 26.9 Å². The number of carbonyl (C=O) groups excluding carboxylic acids is 1. The maximum Gasteiger partial charge on any atom is 0.261 e. The van der Waals surface area contributed by atoms with E-state index >= 15 is 0 Å². The van der Waals surface area contributed by atoms with Gasteiger partial charge in [0.1, 0.15) is 5.82 Å². The van der Waals surface area contributed by atoms with Crippen molar-refractivity contribution in [2.45, 2.75) is 13.0 Å². The Hall–Kier alpha value is -1.72. The molecule has 5 heteroatoms. The Morgan fingerprint density at radius 1 is 1.47 bits per heavy atom. The molecule has 0 bridgehead atoms. The number of amides is 1. The number of aliphatic hydroxyl groups is 1. The number of halogens is 1. The highest BCUT2D eigenvalue weighted by Crippen LogP contribution is 2.16. The van der Waals surface area contributed by atoms with Crippen molar-refractivity contribution in [1.29, 1.82) is 0 Å². The van der Waals surface area contributed by atoms with Gasteiger partial charge in [0.25, 0.3) is 5.91 Å². The number of rotatable bonds is 4. The number of hydrogen-bond acceptors (Lipinski definition) is 3. The second-order valence-corrected chi connectivity index (χ2v) is 5.16. The standard InChI is InChI=1S/C14H14FNO2S/c1-9-7-10(4-5-11(9)15)12(17)8-16-14(18)13-3-2-6-19-13/h2-7,12,17H,8H2,1H3,(H,16,18). The molecule has 0 radical (unpaired) electrons. The van der Waals surface area contributed by atoms with Crippen LogP contribution in [0.25, 0.3) is 0 Å². The molecule has 100 valence electrons. The second-order valence-electron chi connectivity index (χ2n) is 4.21. The smallest absolute Gasteiger partial charge is 0.261 e. The topological polar surface area (TPSA) is 49.3 Å². The molecule has 1 heterocycles. The van der Waals surface area contributed by atoms with E-state index in [4.69, 9.17) is 0 Å². The molecule has 0 spiro atoms. The van der Waals surface area contributed by atoms with E-state index in [2.05, 4.69) is 5.32 Å². The molecule has 1 atom stereocenters. The van der Waals surface area contributed by atoms with Gasteiger partial charge in [0.15, 0.2) is 0 Å². The fourth-order valence-electron chi connectivity index (χ4n) is 1.68. The first-order valence-corrected chi connectivity index (χ1v) is 6.71. The number of hydrogen-bond donors (Lipinski definition) is 2. The molecule has 1 aromatic carbocycles. The average molecular weight is 279 g/mol. The van der Waals surface area contributed by atoms with Gasteiger partial charge in [0.05, 0.1) is 11.0 Å². The maximum atomic E-state index is 13.1. The molecule has 1 unspecified atom stereocenters. The molecule has 2 aromatic rings. The van der Waals surface area contributed by atoms with Gasteiger partial charge in [-0.3, -0.25) is 4.79 Å². The molecule has 0 aliphatic rings. The van der Waals surface area contributed by atoms with Crippen LogP contribution in [0.3, 0.4) is 0 Å². The Morgan fingerprint density at radius 3 is 2.89 bits per heavy atom. The fourth-order valence-corrected chi connectivity index (χ4v) is 2.32. The van der Waals surface area contributed by atoms with Crippen LogP contribution in [-0.4, -0.2) is 17.6 Å². The lowest BCUT2D eigenvalue weighted by Gasteiger charge is -2.12. The molecule has 2 rings (SSSR count). The number of benzene rings is 1. The Balaban J connectivity index is 1.95. The van der Waals surface area contributed by atoms with Gasteiger partial charge in [0.2, 0.25) is 0 Å². The van der Waals surface area contributed by atoms with Crippen LogP contribution in [0.5, 0.6) is 0 Å². The normalized spacial score (nSPS) is 12.2. The van der Waals surface area contributed by atoms with E-state index in [1.807, 2.05) is 5.38 Å². The number of aliphatic hydroxyl groups excluding tert-OH is 1. The van der Waals surface area contributed by atoms with Crippen LogP contribution in [0.2, 0.25) is 0 Å². The van der Waals surface area contributed by atoms with E-state index in [1.165, 1.54) is 23.5 Å².